The van der Waals surface area contributed by atoms with Gasteiger partial charge in [-0.15, -0.1) is 0 Å². The number of unbranched alkanes of at least 4 members (excludes halogenated alkanes) is 18. The van der Waals surface area contributed by atoms with E-state index in [2.05, 4.69) is 80.7 Å². The number of carbonyl (C=O) groups excluding carboxylic acids is 2. The Balaban J connectivity index is 4.18. The SMILES string of the molecule is CC/C=C/C/C=C/C/C=C/C/C=C/C/C=C/CCCC(=O)OC[C@H](COP(=O)(O)OCCN)OC(=O)CCCCCCCCCCCCC/C=C/CCCCCCCC. The summed E-state index contributed by atoms with van der Waals surface area (Å²) in [7, 11) is -4.40. The quantitative estimate of drug-likeness (QED) is 0.0266. The van der Waals surface area contributed by atoms with Gasteiger partial charge < -0.3 is 20.1 Å². The Labute approximate surface area is 361 Å². The van der Waals surface area contributed by atoms with Crippen LogP contribution in [0, 0.1) is 0 Å². The molecule has 0 aromatic rings. The van der Waals surface area contributed by atoms with Gasteiger partial charge in [0.1, 0.15) is 6.61 Å². The van der Waals surface area contributed by atoms with Gasteiger partial charge in [0.25, 0.3) is 0 Å². The van der Waals surface area contributed by atoms with E-state index in [1.54, 1.807) is 0 Å². The van der Waals surface area contributed by atoms with Crippen molar-refractivity contribution in [1.29, 1.82) is 0 Å². The van der Waals surface area contributed by atoms with Crippen molar-refractivity contribution in [3.63, 3.8) is 0 Å². The molecule has 59 heavy (non-hydrogen) atoms. The number of hydrogen-bond donors (Lipinski definition) is 2. The van der Waals surface area contributed by atoms with Crippen molar-refractivity contribution in [3.8, 4) is 0 Å². The fraction of sp³-hybridized carbons (Fsp3) is 0.714. The predicted molar refractivity (Wildman–Crippen MR) is 247 cm³/mol. The van der Waals surface area contributed by atoms with E-state index in [1.165, 1.54) is 96.3 Å². The molecule has 0 saturated heterocycles. The van der Waals surface area contributed by atoms with Crippen LogP contribution in [-0.4, -0.2) is 49.3 Å². The Hall–Kier alpha value is -2.55. The maximum Gasteiger partial charge on any atom is 0.472 e. The van der Waals surface area contributed by atoms with Gasteiger partial charge in [-0.2, -0.15) is 0 Å². The van der Waals surface area contributed by atoms with Crippen molar-refractivity contribution in [2.45, 2.75) is 200 Å². The van der Waals surface area contributed by atoms with E-state index in [-0.39, 0.29) is 32.6 Å². The third kappa shape index (κ3) is 44.8. The number of allylic oxidation sites excluding steroid dienone is 12. The third-order valence-corrected chi connectivity index (χ3v) is 10.6. The molecule has 0 amide bonds. The van der Waals surface area contributed by atoms with Crippen molar-refractivity contribution in [2.75, 3.05) is 26.4 Å². The third-order valence-electron chi connectivity index (χ3n) is 9.58. The lowest BCUT2D eigenvalue weighted by Gasteiger charge is -2.19. The van der Waals surface area contributed by atoms with Gasteiger partial charge in [-0.05, 0) is 77.0 Å². The summed E-state index contributed by atoms with van der Waals surface area (Å²) in [6, 6.07) is 0. The number of phosphoric ester groups is 1. The molecule has 0 bridgehead atoms. The van der Waals surface area contributed by atoms with Crippen LogP contribution in [0.1, 0.15) is 194 Å². The summed E-state index contributed by atoms with van der Waals surface area (Å²) >= 11 is 0. The van der Waals surface area contributed by atoms with Crippen molar-refractivity contribution in [3.05, 3.63) is 72.9 Å². The topological polar surface area (TPSA) is 134 Å². The average Bonchev–Trinajstić information content (AvgIpc) is 3.22. The first kappa shape index (κ1) is 56.5. The van der Waals surface area contributed by atoms with Gasteiger partial charge in [-0.25, -0.2) is 4.57 Å². The number of nitrogens with two attached hydrogens (primary N) is 1. The number of hydrogen-bond acceptors (Lipinski definition) is 8. The number of carbonyl (C=O) groups is 2. The minimum atomic E-state index is -4.40. The summed E-state index contributed by atoms with van der Waals surface area (Å²) in [5.74, 6) is -0.899. The first-order chi connectivity index (χ1) is 28.8. The Bertz CT molecular complexity index is 1190. The standard InChI is InChI=1S/C49H86NO8P/c1-3-5-7-9-11-13-15-17-19-21-22-23-24-26-28-30-32-34-36-38-40-42-49(52)58-47(46-57-59(53,54)56-44-43-50)45-55-48(51)41-39-37-35-33-31-29-27-25-20-18-16-14-12-10-8-6-4-2/h6,8,12,14,17-20,27,29,33,35,47H,3-5,7,9-11,13,15-16,21-26,28,30-32,34,36-46,50H2,1-2H3,(H,53,54)/b8-6+,14-12+,19-17+,20-18+,29-27+,35-33+/t47-/m1/s1. The van der Waals surface area contributed by atoms with Crippen LogP contribution in [0.25, 0.3) is 0 Å². The molecule has 0 aliphatic carbocycles. The largest absolute Gasteiger partial charge is 0.472 e. The number of esters is 2. The predicted octanol–water partition coefficient (Wildman–Crippen LogP) is 13.8. The van der Waals surface area contributed by atoms with Gasteiger partial charge in [-0.3, -0.25) is 18.6 Å². The number of rotatable bonds is 43. The summed E-state index contributed by atoms with van der Waals surface area (Å²) in [5, 5.41) is 0. The molecule has 0 radical (unpaired) electrons. The summed E-state index contributed by atoms with van der Waals surface area (Å²) in [5.41, 5.74) is 5.35. The molecule has 0 aliphatic rings. The van der Waals surface area contributed by atoms with E-state index < -0.39 is 32.5 Å². The van der Waals surface area contributed by atoms with Gasteiger partial charge in [-0.1, -0.05) is 177 Å². The van der Waals surface area contributed by atoms with Gasteiger partial charge in [0.05, 0.1) is 13.2 Å². The highest BCUT2D eigenvalue weighted by molar-refractivity contribution is 7.47. The van der Waals surface area contributed by atoms with Crippen LogP contribution < -0.4 is 5.73 Å². The number of ether oxygens (including phenoxy) is 2. The highest BCUT2D eigenvalue weighted by atomic mass is 31.2. The maximum absolute atomic E-state index is 12.6. The molecule has 0 aromatic heterocycles. The Morgan fingerprint density at radius 2 is 0.949 bits per heavy atom. The molecule has 0 rings (SSSR count). The second-order valence-electron chi connectivity index (χ2n) is 15.2. The number of phosphoric acid groups is 1. The summed E-state index contributed by atoms with van der Waals surface area (Å²) in [6.45, 7) is 3.55. The molecule has 0 spiro atoms. The molecule has 1 unspecified atom stereocenters. The highest BCUT2D eigenvalue weighted by Gasteiger charge is 2.26. The van der Waals surface area contributed by atoms with Crippen LogP contribution in [0.2, 0.25) is 0 Å². The molecular formula is C49H86NO8P. The monoisotopic (exact) mass is 848 g/mol. The van der Waals surface area contributed by atoms with Gasteiger partial charge in [0.2, 0.25) is 0 Å². The second kappa shape index (κ2) is 45.0. The molecule has 9 nitrogen and oxygen atoms in total. The first-order valence-corrected chi connectivity index (χ1v) is 24.9. The molecule has 0 saturated carbocycles. The first-order valence-electron chi connectivity index (χ1n) is 23.4. The van der Waals surface area contributed by atoms with Crippen molar-refractivity contribution in [1.82, 2.24) is 0 Å². The van der Waals surface area contributed by atoms with Crippen LogP contribution in [0.3, 0.4) is 0 Å². The highest BCUT2D eigenvalue weighted by Crippen LogP contribution is 2.43. The maximum atomic E-state index is 12.6. The molecule has 2 atom stereocenters. The lowest BCUT2D eigenvalue weighted by Crippen LogP contribution is -2.29. The van der Waals surface area contributed by atoms with Crippen LogP contribution in [0.15, 0.2) is 72.9 Å². The van der Waals surface area contributed by atoms with E-state index in [0.29, 0.717) is 12.8 Å². The van der Waals surface area contributed by atoms with Crippen LogP contribution in [0.5, 0.6) is 0 Å². The van der Waals surface area contributed by atoms with Crippen LogP contribution >= 0.6 is 7.82 Å². The molecule has 0 aromatic carbocycles. The van der Waals surface area contributed by atoms with E-state index in [1.807, 2.05) is 6.08 Å². The van der Waals surface area contributed by atoms with E-state index in [0.717, 1.165) is 57.8 Å². The molecule has 340 valence electrons. The molecule has 0 aliphatic heterocycles. The lowest BCUT2D eigenvalue weighted by molar-refractivity contribution is -0.161. The summed E-state index contributed by atoms with van der Waals surface area (Å²) in [6.07, 6.45) is 55.1. The van der Waals surface area contributed by atoms with Crippen molar-refractivity contribution in [2.24, 2.45) is 5.73 Å². The zero-order chi connectivity index (χ0) is 43.2. The normalized spacial score (nSPS) is 13.9. The molecular weight excluding hydrogens is 762 g/mol. The fourth-order valence-corrected chi connectivity index (χ4v) is 6.90. The lowest BCUT2D eigenvalue weighted by atomic mass is 10.0. The summed E-state index contributed by atoms with van der Waals surface area (Å²) < 4.78 is 32.8. The van der Waals surface area contributed by atoms with Gasteiger partial charge >= 0.3 is 19.8 Å². The van der Waals surface area contributed by atoms with E-state index in [9.17, 15) is 19.0 Å². The van der Waals surface area contributed by atoms with Gasteiger partial charge in [0.15, 0.2) is 6.10 Å². The molecule has 0 heterocycles. The van der Waals surface area contributed by atoms with Crippen molar-refractivity contribution >= 4 is 19.8 Å². The minimum absolute atomic E-state index is 0.0429. The molecule has 10 heteroatoms. The minimum Gasteiger partial charge on any atom is -0.462 e. The Morgan fingerprint density at radius 3 is 1.46 bits per heavy atom. The summed E-state index contributed by atoms with van der Waals surface area (Å²) in [4.78, 5) is 34.9. The average molecular weight is 848 g/mol. The van der Waals surface area contributed by atoms with Crippen molar-refractivity contribution < 1.29 is 37.6 Å². The smallest absolute Gasteiger partial charge is 0.462 e. The Morgan fingerprint density at radius 1 is 0.525 bits per heavy atom. The molecule has 3 N–H and O–H groups in total. The zero-order valence-electron chi connectivity index (χ0n) is 37.5. The fourth-order valence-electron chi connectivity index (χ4n) is 6.14. The molecule has 0 fully saturated rings. The van der Waals surface area contributed by atoms with Crippen LogP contribution in [0.4, 0.5) is 0 Å². The second-order valence-corrected chi connectivity index (χ2v) is 16.7. The zero-order valence-corrected chi connectivity index (χ0v) is 38.4. The Kier molecular flexibility index (Phi) is 43.0. The van der Waals surface area contributed by atoms with Crippen LogP contribution in [-0.2, 0) is 32.7 Å². The van der Waals surface area contributed by atoms with E-state index >= 15 is 0 Å². The van der Waals surface area contributed by atoms with E-state index in [4.69, 9.17) is 24.3 Å². The van der Waals surface area contributed by atoms with Gasteiger partial charge in [0, 0.05) is 19.4 Å².